The van der Waals surface area contributed by atoms with Crippen LogP contribution in [-0.4, -0.2) is 30.6 Å². The SMILES string of the molecule is CC(C)(C)c1ccc([S+](c2ccccc2)c2ccc(C(C)(C)C)cc2)cc1.O=S(=O)([O-])C(F)(F)C(F)C(F)(F)F. The summed E-state index contributed by atoms with van der Waals surface area (Å²) in [4.78, 5) is 4.11. The van der Waals surface area contributed by atoms with E-state index in [0.717, 1.165) is 0 Å². The van der Waals surface area contributed by atoms with E-state index in [2.05, 4.69) is 120 Å². The molecule has 0 heterocycles. The van der Waals surface area contributed by atoms with E-state index >= 15 is 0 Å². The summed E-state index contributed by atoms with van der Waals surface area (Å²) in [6.07, 6.45) is -11.1. The topological polar surface area (TPSA) is 57.2 Å². The molecule has 0 aromatic heterocycles. The molecule has 1 unspecified atom stereocenters. The van der Waals surface area contributed by atoms with Gasteiger partial charge in [-0.05, 0) is 58.4 Å². The van der Waals surface area contributed by atoms with Crippen molar-refractivity contribution in [2.75, 3.05) is 0 Å². The van der Waals surface area contributed by atoms with Gasteiger partial charge in [0.1, 0.15) is 0 Å². The maximum Gasteiger partial charge on any atom is 0.426 e. The third-order valence-corrected chi connectivity index (χ3v) is 8.91. The van der Waals surface area contributed by atoms with Gasteiger partial charge in [-0.2, -0.15) is 22.0 Å². The fraction of sp³-hybridized carbons (Fsp3) is 0.379. The Morgan fingerprint density at radius 3 is 1.20 bits per heavy atom. The zero-order valence-electron chi connectivity index (χ0n) is 22.9. The Bertz CT molecular complexity index is 1290. The van der Waals surface area contributed by atoms with Crippen LogP contribution in [0, 0.1) is 0 Å². The normalized spacial score (nSPS) is 13.9. The highest BCUT2D eigenvalue weighted by Gasteiger charge is 2.61. The number of hydrogen-bond donors (Lipinski definition) is 0. The first kappa shape index (κ1) is 33.7. The van der Waals surface area contributed by atoms with Gasteiger partial charge in [0.05, 0.1) is 10.9 Å². The van der Waals surface area contributed by atoms with E-state index in [1.54, 1.807) is 0 Å². The van der Waals surface area contributed by atoms with E-state index in [4.69, 9.17) is 0 Å². The fourth-order valence-corrected chi connectivity index (χ4v) is 5.91. The number of halogens is 6. The molecule has 0 saturated heterocycles. The molecule has 40 heavy (non-hydrogen) atoms. The van der Waals surface area contributed by atoms with Crippen molar-refractivity contribution in [2.45, 2.75) is 84.7 Å². The van der Waals surface area contributed by atoms with Gasteiger partial charge in [0.15, 0.2) is 24.8 Å². The van der Waals surface area contributed by atoms with E-state index in [0.29, 0.717) is 0 Å². The van der Waals surface area contributed by atoms with Gasteiger partial charge in [0.25, 0.3) is 6.17 Å². The monoisotopic (exact) mass is 606 g/mol. The second kappa shape index (κ2) is 12.2. The van der Waals surface area contributed by atoms with Crippen LogP contribution in [-0.2, 0) is 31.8 Å². The zero-order chi connectivity index (χ0) is 30.7. The van der Waals surface area contributed by atoms with Crippen LogP contribution in [0.2, 0.25) is 0 Å². The lowest BCUT2D eigenvalue weighted by Gasteiger charge is -2.24. The first-order valence-electron chi connectivity index (χ1n) is 12.1. The lowest BCUT2D eigenvalue weighted by Crippen LogP contribution is -2.46. The summed E-state index contributed by atoms with van der Waals surface area (Å²) < 4.78 is 97.5. The van der Waals surface area contributed by atoms with Crippen molar-refractivity contribution in [3.05, 3.63) is 90.0 Å². The maximum atomic E-state index is 11.8. The Labute approximate surface area is 234 Å². The molecule has 0 aliphatic heterocycles. The van der Waals surface area contributed by atoms with Crippen LogP contribution in [0.1, 0.15) is 52.7 Å². The molecule has 0 bridgehead atoms. The summed E-state index contributed by atoms with van der Waals surface area (Å²) in [7, 11) is -6.75. The van der Waals surface area contributed by atoms with Gasteiger partial charge in [0, 0.05) is 0 Å². The second-order valence-electron chi connectivity index (χ2n) is 11.1. The van der Waals surface area contributed by atoms with Crippen molar-refractivity contribution in [1.82, 2.24) is 0 Å². The molecule has 220 valence electrons. The molecule has 0 amide bonds. The molecule has 0 saturated carbocycles. The molecule has 0 fully saturated rings. The molecule has 3 aromatic carbocycles. The average Bonchev–Trinajstić information content (AvgIpc) is 2.83. The Kier molecular flexibility index (Phi) is 10.2. The highest BCUT2D eigenvalue weighted by molar-refractivity contribution is 7.97. The number of benzene rings is 3. The van der Waals surface area contributed by atoms with E-state index in [1.807, 2.05) is 0 Å². The van der Waals surface area contributed by atoms with E-state index < -0.39 is 27.7 Å². The third kappa shape index (κ3) is 8.50. The quantitative estimate of drug-likeness (QED) is 0.167. The number of hydrogen-bond acceptors (Lipinski definition) is 3. The van der Waals surface area contributed by atoms with Crippen molar-refractivity contribution in [3.8, 4) is 0 Å². The molecule has 1 atom stereocenters. The van der Waals surface area contributed by atoms with E-state index in [9.17, 15) is 39.3 Å². The van der Waals surface area contributed by atoms with Crippen molar-refractivity contribution in [2.24, 2.45) is 0 Å². The lowest BCUT2D eigenvalue weighted by atomic mass is 9.87. The molecule has 3 rings (SSSR count). The van der Waals surface area contributed by atoms with Gasteiger partial charge in [-0.1, -0.05) is 84.0 Å². The second-order valence-corrected chi connectivity index (χ2v) is 14.6. The Morgan fingerprint density at radius 1 is 0.625 bits per heavy atom. The molecule has 0 N–H and O–H groups in total. The largest absolute Gasteiger partial charge is 0.743 e. The van der Waals surface area contributed by atoms with E-state index in [-0.39, 0.29) is 21.7 Å². The summed E-state index contributed by atoms with van der Waals surface area (Å²) >= 11 is 0. The molecule has 0 radical (unpaired) electrons. The number of rotatable bonds is 5. The van der Waals surface area contributed by atoms with Gasteiger partial charge in [-0.25, -0.2) is 12.8 Å². The van der Waals surface area contributed by atoms with Crippen molar-refractivity contribution in [3.63, 3.8) is 0 Å². The summed E-state index contributed by atoms with van der Waals surface area (Å²) in [5.41, 5.74) is 3.12. The molecule has 0 spiro atoms. The minimum Gasteiger partial charge on any atom is -0.743 e. The van der Waals surface area contributed by atoms with Crippen LogP contribution >= 0.6 is 0 Å². The van der Waals surface area contributed by atoms with Crippen LogP contribution < -0.4 is 0 Å². The lowest BCUT2D eigenvalue weighted by molar-refractivity contribution is -0.223. The minimum atomic E-state index is -6.66. The predicted octanol–water partition coefficient (Wildman–Crippen LogP) is 8.40. The molecule has 3 nitrogen and oxygen atoms in total. The van der Waals surface area contributed by atoms with Crippen molar-refractivity contribution in [1.29, 1.82) is 0 Å². The molecule has 11 heteroatoms. The van der Waals surface area contributed by atoms with Crippen LogP contribution in [0.15, 0.2) is 93.5 Å². The predicted molar refractivity (Wildman–Crippen MR) is 144 cm³/mol. The van der Waals surface area contributed by atoms with E-state index in [1.165, 1.54) is 25.8 Å². The van der Waals surface area contributed by atoms with Crippen LogP contribution in [0.3, 0.4) is 0 Å². The number of alkyl halides is 6. The third-order valence-electron chi connectivity index (χ3n) is 5.81. The Balaban J connectivity index is 0.000000366. The van der Waals surface area contributed by atoms with Gasteiger partial charge < -0.3 is 4.55 Å². The summed E-state index contributed by atoms with van der Waals surface area (Å²) in [6, 6.07) is 29.3. The van der Waals surface area contributed by atoms with Gasteiger partial charge in [-0.3, -0.25) is 0 Å². The average molecular weight is 607 g/mol. The minimum absolute atomic E-state index is 0.0847. The fourth-order valence-electron chi connectivity index (χ4n) is 3.46. The zero-order valence-corrected chi connectivity index (χ0v) is 24.5. The first-order chi connectivity index (χ1) is 18.1. The highest BCUT2D eigenvalue weighted by Crippen LogP contribution is 2.38. The molecule has 0 aliphatic rings. The van der Waals surface area contributed by atoms with Crippen molar-refractivity contribution < 1.29 is 39.3 Å². The van der Waals surface area contributed by atoms with Gasteiger partial charge >= 0.3 is 11.4 Å². The standard InChI is InChI=1S/C26H31S.C3H2F6O3S/c1-25(2,3)20-12-16-23(17-13-20)27(22-10-8-7-9-11-22)24-18-14-21(15-19-24)26(4,5)6;4-1(2(5,6)7)3(8,9)13(10,11)12/h7-19H,1-6H3;1H,(H,10,11,12)/q+1;/p-1. The molecule has 3 aromatic rings. The van der Waals surface area contributed by atoms with Crippen LogP contribution in [0.4, 0.5) is 26.3 Å². The van der Waals surface area contributed by atoms with Crippen LogP contribution in [0.25, 0.3) is 0 Å². The van der Waals surface area contributed by atoms with Gasteiger partial charge in [0.2, 0.25) is 0 Å². The Hall–Kier alpha value is -2.50. The molecule has 0 aliphatic carbocycles. The summed E-state index contributed by atoms with van der Waals surface area (Å²) in [6.45, 7) is 13.6. The maximum absolute atomic E-state index is 11.8. The molecular weight excluding hydrogens is 574 g/mol. The Morgan fingerprint density at radius 2 is 0.950 bits per heavy atom. The van der Waals surface area contributed by atoms with Crippen LogP contribution in [0.5, 0.6) is 0 Å². The van der Waals surface area contributed by atoms with Crippen molar-refractivity contribution >= 4 is 21.0 Å². The smallest absolute Gasteiger partial charge is 0.426 e. The summed E-state index contributed by atoms with van der Waals surface area (Å²) in [5.74, 6) is 0. The highest BCUT2D eigenvalue weighted by atomic mass is 32.2. The molecular formula is C29H32F6O3S2. The summed E-state index contributed by atoms with van der Waals surface area (Å²) in [5, 5.41) is -5.99. The van der Waals surface area contributed by atoms with Gasteiger partial charge in [-0.15, -0.1) is 0 Å². The first-order valence-corrected chi connectivity index (χ1v) is 14.7.